The van der Waals surface area contributed by atoms with Crippen molar-refractivity contribution in [2.45, 2.75) is 18.5 Å². The molecule has 26 heavy (non-hydrogen) atoms. The Morgan fingerprint density at radius 1 is 0.846 bits per heavy atom. The molecule has 1 aliphatic rings. The van der Waals surface area contributed by atoms with Crippen LogP contribution < -0.4 is 5.32 Å². The Labute approximate surface area is 151 Å². The molecule has 0 radical (unpaired) electrons. The monoisotopic (exact) mass is 343 g/mol. The first kappa shape index (κ1) is 15.1. The zero-order chi connectivity index (χ0) is 17.5. The normalized spacial score (nSPS) is 19.1. The first-order valence-electron chi connectivity index (χ1n) is 8.83. The minimum absolute atomic E-state index is 0.0881. The van der Waals surface area contributed by atoms with Crippen LogP contribution in [-0.2, 0) is 0 Å². The summed E-state index contributed by atoms with van der Waals surface area (Å²) in [6, 6.07) is 25.7. The average Bonchev–Trinajstić information content (AvgIpc) is 3.07. The van der Waals surface area contributed by atoms with E-state index in [0.29, 0.717) is 0 Å². The number of hydrogen-bond acceptors (Lipinski definition) is 2. The first-order chi connectivity index (χ1) is 12.8. The summed E-state index contributed by atoms with van der Waals surface area (Å²) in [4.78, 5) is 4.80. The number of rotatable bonds is 2. The lowest BCUT2D eigenvalue weighted by atomic mass is 9.93. The van der Waals surface area contributed by atoms with Crippen LogP contribution in [0.5, 0.6) is 0 Å². The Bertz CT molecular complexity index is 1050. The van der Waals surface area contributed by atoms with Crippen molar-refractivity contribution in [1.82, 2.24) is 9.55 Å². The van der Waals surface area contributed by atoms with Crippen LogP contribution in [0, 0.1) is 5.82 Å². The molecular formula is C22H18FN3. The van der Waals surface area contributed by atoms with Crippen molar-refractivity contribution in [3.8, 4) is 0 Å². The third kappa shape index (κ3) is 2.46. The topological polar surface area (TPSA) is 29.9 Å². The molecule has 4 heteroatoms. The lowest BCUT2D eigenvalue weighted by molar-refractivity contribution is 0.477. The molecule has 0 saturated heterocycles. The maximum absolute atomic E-state index is 13.3. The quantitative estimate of drug-likeness (QED) is 0.534. The molecule has 2 atom stereocenters. The number of fused-ring (bicyclic) bond motifs is 3. The van der Waals surface area contributed by atoms with Gasteiger partial charge in [0.15, 0.2) is 0 Å². The van der Waals surface area contributed by atoms with Gasteiger partial charge in [0.2, 0.25) is 5.95 Å². The maximum atomic E-state index is 13.3. The van der Waals surface area contributed by atoms with E-state index >= 15 is 0 Å². The van der Waals surface area contributed by atoms with Gasteiger partial charge in [-0.2, -0.15) is 0 Å². The maximum Gasteiger partial charge on any atom is 0.204 e. The summed E-state index contributed by atoms with van der Waals surface area (Å²) >= 11 is 0. The lowest BCUT2D eigenvalue weighted by Crippen LogP contribution is -2.27. The van der Waals surface area contributed by atoms with Gasteiger partial charge < -0.3 is 9.88 Å². The molecule has 4 aromatic rings. The number of hydrogen-bond donors (Lipinski definition) is 1. The number of nitrogens with one attached hydrogen (secondary N) is 1. The molecule has 1 aliphatic heterocycles. The number of imidazole rings is 1. The van der Waals surface area contributed by atoms with Crippen LogP contribution in [0.15, 0.2) is 78.9 Å². The standard InChI is InChI=1S/C22H18FN3/c23-17-12-10-15(11-13-17)19-14-21(16-6-2-1-3-7-16)26-20-9-5-4-8-18(20)24-22(26)25-19/h1-13,19,21H,14H2,(H,24,25)/t19-,21+/m0/s1. The fraction of sp³-hybridized carbons (Fsp3) is 0.136. The predicted octanol–water partition coefficient (Wildman–Crippen LogP) is 5.32. The summed E-state index contributed by atoms with van der Waals surface area (Å²) in [6.07, 6.45) is 0.878. The van der Waals surface area contributed by atoms with Gasteiger partial charge in [0.25, 0.3) is 0 Å². The Morgan fingerprint density at radius 3 is 2.38 bits per heavy atom. The van der Waals surface area contributed by atoms with Crippen LogP contribution in [-0.4, -0.2) is 9.55 Å². The molecule has 3 nitrogen and oxygen atoms in total. The molecule has 0 bridgehead atoms. The van der Waals surface area contributed by atoms with Crippen molar-refractivity contribution >= 4 is 17.0 Å². The summed E-state index contributed by atoms with van der Waals surface area (Å²) < 4.78 is 15.6. The van der Waals surface area contributed by atoms with E-state index in [1.54, 1.807) is 0 Å². The molecule has 0 fully saturated rings. The van der Waals surface area contributed by atoms with Crippen LogP contribution >= 0.6 is 0 Å². The van der Waals surface area contributed by atoms with E-state index in [2.05, 4.69) is 40.2 Å². The van der Waals surface area contributed by atoms with Crippen molar-refractivity contribution < 1.29 is 4.39 Å². The van der Waals surface area contributed by atoms with Gasteiger partial charge >= 0.3 is 0 Å². The summed E-state index contributed by atoms with van der Waals surface area (Å²) in [6.45, 7) is 0. The fourth-order valence-electron chi connectivity index (χ4n) is 3.88. The van der Waals surface area contributed by atoms with Crippen molar-refractivity contribution in [3.63, 3.8) is 0 Å². The van der Waals surface area contributed by atoms with E-state index in [1.165, 1.54) is 17.7 Å². The smallest absolute Gasteiger partial charge is 0.204 e. The van der Waals surface area contributed by atoms with E-state index in [1.807, 2.05) is 36.4 Å². The van der Waals surface area contributed by atoms with Crippen LogP contribution in [0.3, 0.4) is 0 Å². The van der Waals surface area contributed by atoms with Gasteiger partial charge in [-0.15, -0.1) is 0 Å². The van der Waals surface area contributed by atoms with Gasteiger partial charge in [0.05, 0.1) is 23.1 Å². The van der Waals surface area contributed by atoms with E-state index in [0.717, 1.165) is 29.0 Å². The predicted molar refractivity (Wildman–Crippen MR) is 102 cm³/mol. The van der Waals surface area contributed by atoms with Crippen LogP contribution in [0.1, 0.15) is 29.6 Å². The lowest BCUT2D eigenvalue weighted by Gasteiger charge is -2.33. The number of nitrogens with zero attached hydrogens (tertiary/aromatic N) is 2. The zero-order valence-electron chi connectivity index (χ0n) is 14.1. The number of anilines is 1. The summed E-state index contributed by atoms with van der Waals surface area (Å²) in [5.74, 6) is 0.650. The fourth-order valence-corrected chi connectivity index (χ4v) is 3.88. The summed E-state index contributed by atoms with van der Waals surface area (Å²) in [5.41, 5.74) is 4.44. The highest BCUT2D eigenvalue weighted by Crippen LogP contribution is 2.40. The Kier molecular flexibility index (Phi) is 3.49. The highest BCUT2D eigenvalue weighted by atomic mass is 19.1. The Morgan fingerprint density at radius 2 is 1.58 bits per heavy atom. The minimum atomic E-state index is -0.212. The number of benzene rings is 3. The second-order valence-corrected chi connectivity index (χ2v) is 6.70. The van der Waals surface area contributed by atoms with Crippen molar-refractivity contribution in [1.29, 1.82) is 0 Å². The van der Waals surface area contributed by atoms with Crippen molar-refractivity contribution in [3.05, 3.63) is 95.8 Å². The van der Waals surface area contributed by atoms with Crippen LogP contribution in [0.4, 0.5) is 10.3 Å². The summed E-state index contributed by atoms with van der Waals surface area (Å²) in [5, 5.41) is 3.55. The number of halogens is 1. The molecule has 2 heterocycles. The Hall–Kier alpha value is -3.14. The highest BCUT2D eigenvalue weighted by Gasteiger charge is 2.30. The molecule has 0 aliphatic carbocycles. The van der Waals surface area contributed by atoms with E-state index in [-0.39, 0.29) is 17.9 Å². The van der Waals surface area contributed by atoms with Gasteiger partial charge in [-0.1, -0.05) is 54.6 Å². The largest absolute Gasteiger partial charge is 0.349 e. The molecule has 5 rings (SSSR count). The second kappa shape index (κ2) is 5.99. The molecule has 0 unspecified atom stereocenters. The molecule has 128 valence electrons. The second-order valence-electron chi connectivity index (χ2n) is 6.70. The van der Waals surface area contributed by atoms with Gasteiger partial charge in [0, 0.05) is 0 Å². The van der Waals surface area contributed by atoms with Gasteiger partial charge in [-0.05, 0) is 41.8 Å². The third-order valence-corrected chi connectivity index (χ3v) is 5.13. The van der Waals surface area contributed by atoms with Crippen LogP contribution in [0.2, 0.25) is 0 Å². The third-order valence-electron chi connectivity index (χ3n) is 5.13. The zero-order valence-corrected chi connectivity index (χ0v) is 14.1. The van der Waals surface area contributed by atoms with E-state index in [9.17, 15) is 4.39 Å². The highest BCUT2D eigenvalue weighted by molar-refractivity contribution is 5.79. The molecule has 0 saturated carbocycles. The number of para-hydroxylation sites is 2. The Balaban J connectivity index is 1.66. The molecule has 3 aromatic carbocycles. The minimum Gasteiger partial charge on any atom is -0.349 e. The first-order valence-corrected chi connectivity index (χ1v) is 8.83. The van der Waals surface area contributed by atoms with Crippen LogP contribution in [0.25, 0.3) is 11.0 Å². The SMILES string of the molecule is Fc1ccc([C@@H]2C[C@H](c3ccccc3)n3c(nc4ccccc43)N2)cc1. The molecule has 0 amide bonds. The summed E-state index contributed by atoms with van der Waals surface area (Å²) in [7, 11) is 0. The van der Waals surface area contributed by atoms with Gasteiger partial charge in [-0.3, -0.25) is 0 Å². The van der Waals surface area contributed by atoms with Crippen molar-refractivity contribution in [2.24, 2.45) is 0 Å². The number of aromatic nitrogens is 2. The van der Waals surface area contributed by atoms with Gasteiger partial charge in [0.1, 0.15) is 5.82 Å². The molecule has 0 spiro atoms. The van der Waals surface area contributed by atoms with Gasteiger partial charge in [-0.25, -0.2) is 9.37 Å². The molecular weight excluding hydrogens is 325 g/mol. The van der Waals surface area contributed by atoms with E-state index in [4.69, 9.17) is 4.98 Å². The van der Waals surface area contributed by atoms with Crippen molar-refractivity contribution in [2.75, 3.05) is 5.32 Å². The molecule has 1 N–H and O–H groups in total. The van der Waals surface area contributed by atoms with E-state index < -0.39 is 0 Å². The molecule has 1 aromatic heterocycles. The average molecular weight is 343 g/mol.